The molecule has 0 aliphatic carbocycles. The number of rotatable bonds is 3. The van der Waals surface area contributed by atoms with E-state index in [4.69, 9.17) is 5.11 Å². The number of carboxylic acids is 1. The maximum absolute atomic E-state index is 10.8. The van der Waals surface area contributed by atoms with Crippen LogP contribution in [0.3, 0.4) is 0 Å². The number of hydrogen-bond donors (Lipinski definition) is 1. The van der Waals surface area contributed by atoms with Crippen molar-refractivity contribution < 1.29 is 9.90 Å². The first-order valence-electron chi connectivity index (χ1n) is 5.35. The number of nitrogens with zero attached hydrogens (tertiary/aromatic N) is 2. The van der Waals surface area contributed by atoms with Crippen LogP contribution in [0.5, 0.6) is 0 Å². The van der Waals surface area contributed by atoms with Gasteiger partial charge in [-0.05, 0) is 18.1 Å². The Labute approximate surface area is 99.0 Å². The standard InChI is InChI=1S/C13H12N2O2/c1-2-9-3-5-10(6-4-9)11-7-12(13(16)17)15-8-14-11/h3-8H,2H2,1H3,(H,16,17). The summed E-state index contributed by atoms with van der Waals surface area (Å²) in [5.41, 5.74) is 2.77. The van der Waals surface area contributed by atoms with Crippen molar-refractivity contribution in [3.05, 3.63) is 47.9 Å². The van der Waals surface area contributed by atoms with Crippen LogP contribution in [0.1, 0.15) is 23.0 Å². The van der Waals surface area contributed by atoms with Crippen LogP contribution in [0.4, 0.5) is 0 Å². The van der Waals surface area contributed by atoms with Gasteiger partial charge < -0.3 is 5.11 Å². The monoisotopic (exact) mass is 228 g/mol. The molecule has 1 N–H and O–H groups in total. The van der Waals surface area contributed by atoms with E-state index in [0.29, 0.717) is 5.69 Å². The van der Waals surface area contributed by atoms with E-state index in [1.165, 1.54) is 18.0 Å². The molecule has 4 heteroatoms. The van der Waals surface area contributed by atoms with Crippen molar-refractivity contribution in [1.82, 2.24) is 9.97 Å². The van der Waals surface area contributed by atoms with Crippen molar-refractivity contribution in [2.75, 3.05) is 0 Å². The molecule has 0 atom stereocenters. The molecule has 17 heavy (non-hydrogen) atoms. The minimum absolute atomic E-state index is 0.00886. The molecular weight excluding hydrogens is 216 g/mol. The Morgan fingerprint density at radius 1 is 1.24 bits per heavy atom. The van der Waals surface area contributed by atoms with Crippen molar-refractivity contribution >= 4 is 5.97 Å². The summed E-state index contributed by atoms with van der Waals surface area (Å²) in [6, 6.07) is 9.37. The molecule has 0 fully saturated rings. The summed E-state index contributed by atoms with van der Waals surface area (Å²) < 4.78 is 0. The van der Waals surface area contributed by atoms with Gasteiger partial charge >= 0.3 is 5.97 Å². The minimum atomic E-state index is -1.04. The third-order valence-electron chi connectivity index (χ3n) is 2.54. The molecular formula is C13H12N2O2. The van der Waals surface area contributed by atoms with Crippen LogP contribution in [0, 0.1) is 0 Å². The quantitative estimate of drug-likeness (QED) is 0.876. The van der Waals surface area contributed by atoms with Crippen molar-refractivity contribution in [1.29, 1.82) is 0 Å². The van der Waals surface area contributed by atoms with Gasteiger partial charge in [-0.15, -0.1) is 0 Å². The van der Waals surface area contributed by atoms with E-state index in [9.17, 15) is 4.79 Å². The van der Waals surface area contributed by atoms with Gasteiger partial charge in [0, 0.05) is 5.56 Å². The second-order valence-electron chi connectivity index (χ2n) is 3.64. The number of benzene rings is 1. The molecule has 2 aromatic rings. The molecule has 1 heterocycles. The van der Waals surface area contributed by atoms with Gasteiger partial charge in [-0.25, -0.2) is 14.8 Å². The number of aromatic nitrogens is 2. The molecule has 0 amide bonds. The van der Waals surface area contributed by atoms with Crippen LogP contribution >= 0.6 is 0 Å². The predicted octanol–water partition coefficient (Wildman–Crippen LogP) is 2.40. The topological polar surface area (TPSA) is 63.1 Å². The summed E-state index contributed by atoms with van der Waals surface area (Å²) in [4.78, 5) is 18.6. The van der Waals surface area contributed by atoms with Crippen molar-refractivity contribution in [3.8, 4) is 11.3 Å². The van der Waals surface area contributed by atoms with Crippen molar-refractivity contribution in [2.45, 2.75) is 13.3 Å². The maximum Gasteiger partial charge on any atom is 0.354 e. The van der Waals surface area contributed by atoms with E-state index < -0.39 is 5.97 Å². The summed E-state index contributed by atoms with van der Waals surface area (Å²) in [6.07, 6.45) is 2.25. The number of carboxylic acid groups (broad SMARTS) is 1. The molecule has 0 radical (unpaired) electrons. The Kier molecular flexibility index (Phi) is 3.14. The fourth-order valence-electron chi connectivity index (χ4n) is 1.54. The molecule has 1 aromatic heterocycles. The van der Waals surface area contributed by atoms with Gasteiger partial charge in [-0.3, -0.25) is 0 Å². The van der Waals surface area contributed by atoms with Crippen LogP contribution < -0.4 is 0 Å². The molecule has 0 aliphatic heterocycles. The molecule has 2 rings (SSSR count). The third kappa shape index (κ3) is 2.47. The second-order valence-corrected chi connectivity index (χ2v) is 3.64. The number of hydrogen-bond acceptors (Lipinski definition) is 3. The lowest BCUT2D eigenvalue weighted by Crippen LogP contribution is -2.01. The Hall–Kier alpha value is -2.23. The average molecular weight is 228 g/mol. The van der Waals surface area contributed by atoms with Crippen LogP contribution in [0.25, 0.3) is 11.3 Å². The molecule has 4 nitrogen and oxygen atoms in total. The Bertz CT molecular complexity index is 535. The second kappa shape index (κ2) is 4.74. The van der Waals surface area contributed by atoms with Crippen LogP contribution in [0.2, 0.25) is 0 Å². The summed E-state index contributed by atoms with van der Waals surface area (Å²) in [5, 5.41) is 8.85. The van der Waals surface area contributed by atoms with Crippen molar-refractivity contribution in [3.63, 3.8) is 0 Å². The summed E-state index contributed by atoms with van der Waals surface area (Å²) in [6.45, 7) is 2.09. The lowest BCUT2D eigenvalue weighted by Gasteiger charge is -2.02. The predicted molar refractivity (Wildman–Crippen MR) is 63.8 cm³/mol. The first-order valence-corrected chi connectivity index (χ1v) is 5.35. The van der Waals surface area contributed by atoms with E-state index in [1.807, 2.05) is 24.3 Å². The zero-order valence-electron chi connectivity index (χ0n) is 9.42. The largest absolute Gasteiger partial charge is 0.477 e. The zero-order chi connectivity index (χ0) is 12.3. The number of aromatic carboxylic acids is 1. The smallest absolute Gasteiger partial charge is 0.354 e. The van der Waals surface area contributed by atoms with E-state index in [0.717, 1.165) is 12.0 Å². The SMILES string of the molecule is CCc1ccc(-c2cc(C(=O)O)ncn2)cc1. The van der Waals surface area contributed by atoms with Gasteiger partial charge in [-0.1, -0.05) is 31.2 Å². The first kappa shape index (κ1) is 11.3. The zero-order valence-corrected chi connectivity index (χ0v) is 9.42. The highest BCUT2D eigenvalue weighted by atomic mass is 16.4. The Morgan fingerprint density at radius 3 is 2.53 bits per heavy atom. The van der Waals surface area contributed by atoms with Gasteiger partial charge in [-0.2, -0.15) is 0 Å². The number of carbonyl (C=O) groups is 1. The van der Waals surface area contributed by atoms with Crippen LogP contribution in [0.15, 0.2) is 36.7 Å². The summed E-state index contributed by atoms with van der Waals surface area (Å²) in [7, 11) is 0. The van der Waals surface area contributed by atoms with E-state index in [2.05, 4.69) is 16.9 Å². The highest BCUT2D eigenvalue weighted by Crippen LogP contribution is 2.17. The van der Waals surface area contributed by atoms with E-state index in [1.54, 1.807) is 0 Å². The van der Waals surface area contributed by atoms with E-state index in [-0.39, 0.29) is 5.69 Å². The highest BCUT2D eigenvalue weighted by molar-refractivity contribution is 5.86. The molecule has 0 aliphatic rings. The first-order chi connectivity index (χ1) is 8.20. The number of aryl methyl sites for hydroxylation is 1. The van der Waals surface area contributed by atoms with Gasteiger partial charge in [0.05, 0.1) is 5.69 Å². The molecule has 0 saturated heterocycles. The van der Waals surface area contributed by atoms with E-state index >= 15 is 0 Å². The van der Waals surface area contributed by atoms with Gasteiger partial charge in [0.15, 0.2) is 5.69 Å². The summed E-state index contributed by atoms with van der Waals surface area (Å²) >= 11 is 0. The third-order valence-corrected chi connectivity index (χ3v) is 2.54. The maximum atomic E-state index is 10.8. The lowest BCUT2D eigenvalue weighted by molar-refractivity contribution is 0.0690. The normalized spacial score (nSPS) is 10.2. The van der Waals surface area contributed by atoms with Crippen LogP contribution in [-0.2, 0) is 6.42 Å². The molecule has 0 saturated carbocycles. The summed E-state index contributed by atoms with van der Waals surface area (Å²) in [5.74, 6) is -1.04. The van der Waals surface area contributed by atoms with Crippen molar-refractivity contribution in [2.24, 2.45) is 0 Å². The lowest BCUT2D eigenvalue weighted by atomic mass is 10.1. The fraction of sp³-hybridized carbons (Fsp3) is 0.154. The van der Waals surface area contributed by atoms with Gasteiger partial charge in [0.25, 0.3) is 0 Å². The molecule has 86 valence electrons. The van der Waals surface area contributed by atoms with Crippen LogP contribution in [-0.4, -0.2) is 21.0 Å². The van der Waals surface area contributed by atoms with Gasteiger partial charge in [0.2, 0.25) is 0 Å². The Morgan fingerprint density at radius 2 is 1.94 bits per heavy atom. The minimum Gasteiger partial charge on any atom is -0.477 e. The average Bonchev–Trinajstić information content (AvgIpc) is 2.39. The van der Waals surface area contributed by atoms with Gasteiger partial charge in [0.1, 0.15) is 6.33 Å². The Balaban J connectivity index is 2.38. The molecule has 0 bridgehead atoms. The molecule has 0 unspecified atom stereocenters. The molecule has 1 aromatic carbocycles. The fourth-order valence-corrected chi connectivity index (χ4v) is 1.54. The highest BCUT2D eigenvalue weighted by Gasteiger charge is 2.07. The molecule has 0 spiro atoms.